The largest absolute Gasteiger partial charge is 0.349 e. The Morgan fingerprint density at radius 2 is 2.00 bits per heavy atom. The van der Waals surface area contributed by atoms with E-state index >= 15 is 0 Å². The van der Waals surface area contributed by atoms with Crippen LogP contribution in [0.15, 0.2) is 18.2 Å². The number of nitrogen functional groups attached to an aromatic ring is 1. The Bertz CT molecular complexity index is 523. The number of rotatable bonds is 4. The van der Waals surface area contributed by atoms with Crippen molar-refractivity contribution in [2.45, 2.75) is 33.7 Å². The minimum absolute atomic E-state index is 0.0973. The lowest BCUT2D eigenvalue weighted by Crippen LogP contribution is -2.41. The minimum atomic E-state index is -0.551. The molecule has 0 radical (unpaired) electrons. The Balaban J connectivity index is 3.07. The number of nitro groups is 1. The lowest BCUT2D eigenvalue weighted by Gasteiger charge is -2.28. The fourth-order valence-corrected chi connectivity index (χ4v) is 1.45. The van der Waals surface area contributed by atoms with Gasteiger partial charge in [-0.25, -0.2) is 0 Å². The Morgan fingerprint density at radius 1 is 1.40 bits per heavy atom. The second-order valence-electron chi connectivity index (χ2n) is 5.69. The van der Waals surface area contributed by atoms with Crippen molar-refractivity contribution >= 4 is 17.3 Å². The third-order valence-electron chi connectivity index (χ3n) is 3.26. The summed E-state index contributed by atoms with van der Waals surface area (Å²) < 4.78 is 0. The number of carbonyl (C=O) groups is 1. The molecule has 1 unspecified atom stereocenters. The van der Waals surface area contributed by atoms with E-state index in [4.69, 9.17) is 5.84 Å². The zero-order chi connectivity index (χ0) is 15.5. The molecule has 1 aromatic carbocycles. The van der Waals surface area contributed by atoms with E-state index in [1.165, 1.54) is 18.2 Å². The molecule has 7 nitrogen and oxygen atoms in total. The van der Waals surface area contributed by atoms with Gasteiger partial charge in [0.05, 0.1) is 16.2 Å². The van der Waals surface area contributed by atoms with Gasteiger partial charge in [-0.1, -0.05) is 20.8 Å². The van der Waals surface area contributed by atoms with Crippen LogP contribution < -0.4 is 16.6 Å². The number of amides is 1. The van der Waals surface area contributed by atoms with Crippen LogP contribution in [0, 0.1) is 15.5 Å². The van der Waals surface area contributed by atoms with Crippen LogP contribution in [0.4, 0.5) is 11.4 Å². The van der Waals surface area contributed by atoms with E-state index in [2.05, 4.69) is 10.7 Å². The topological polar surface area (TPSA) is 110 Å². The first kappa shape index (κ1) is 15.9. The predicted octanol–water partition coefficient (Wildman–Crippen LogP) is 2.04. The van der Waals surface area contributed by atoms with Gasteiger partial charge >= 0.3 is 0 Å². The highest BCUT2D eigenvalue weighted by molar-refractivity contribution is 6.00. The monoisotopic (exact) mass is 280 g/mol. The van der Waals surface area contributed by atoms with Gasteiger partial charge in [0.1, 0.15) is 0 Å². The molecule has 0 aliphatic heterocycles. The fourth-order valence-electron chi connectivity index (χ4n) is 1.45. The number of nitrogens with one attached hydrogen (secondary N) is 2. The van der Waals surface area contributed by atoms with Crippen LogP contribution in [-0.2, 0) is 0 Å². The van der Waals surface area contributed by atoms with Crippen molar-refractivity contribution in [2.24, 2.45) is 11.3 Å². The van der Waals surface area contributed by atoms with E-state index in [0.29, 0.717) is 5.69 Å². The summed E-state index contributed by atoms with van der Waals surface area (Å²) in [5, 5.41) is 13.6. The lowest BCUT2D eigenvalue weighted by atomic mass is 9.88. The number of hydrogen-bond donors (Lipinski definition) is 3. The van der Waals surface area contributed by atoms with Crippen molar-refractivity contribution in [3.8, 4) is 0 Å². The number of nitro benzene ring substituents is 1. The average molecular weight is 280 g/mol. The molecule has 0 aromatic heterocycles. The molecule has 1 aromatic rings. The van der Waals surface area contributed by atoms with Crippen LogP contribution in [0.5, 0.6) is 0 Å². The van der Waals surface area contributed by atoms with Crippen LogP contribution in [0.25, 0.3) is 0 Å². The normalized spacial score (nSPS) is 12.7. The van der Waals surface area contributed by atoms with Gasteiger partial charge in [0.25, 0.3) is 11.6 Å². The third kappa shape index (κ3) is 3.67. The zero-order valence-corrected chi connectivity index (χ0v) is 12.1. The number of hydrazine groups is 1. The van der Waals surface area contributed by atoms with Gasteiger partial charge in [0.2, 0.25) is 0 Å². The van der Waals surface area contributed by atoms with Crippen LogP contribution in [0.3, 0.4) is 0 Å². The summed E-state index contributed by atoms with van der Waals surface area (Å²) in [4.78, 5) is 22.5. The highest BCUT2D eigenvalue weighted by Crippen LogP contribution is 2.23. The van der Waals surface area contributed by atoms with Gasteiger partial charge in [-0.05, 0) is 18.4 Å². The van der Waals surface area contributed by atoms with Crippen LogP contribution >= 0.6 is 0 Å². The molecule has 0 aliphatic carbocycles. The van der Waals surface area contributed by atoms with Gasteiger partial charge in [-0.15, -0.1) is 0 Å². The van der Waals surface area contributed by atoms with E-state index in [1.807, 2.05) is 27.7 Å². The Hall–Kier alpha value is -2.15. The summed E-state index contributed by atoms with van der Waals surface area (Å²) in [6, 6.07) is 3.81. The number of nitrogens with two attached hydrogens (primary N) is 1. The molecule has 7 heteroatoms. The maximum Gasteiger partial charge on any atom is 0.270 e. The average Bonchev–Trinajstić information content (AvgIpc) is 2.36. The zero-order valence-electron chi connectivity index (χ0n) is 12.1. The van der Waals surface area contributed by atoms with Crippen molar-refractivity contribution in [3.63, 3.8) is 0 Å². The second kappa shape index (κ2) is 5.87. The highest BCUT2D eigenvalue weighted by Gasteiger charge is 2.24. The van der Waals surface area contributed by atoms with Crippen molar-refractivity contribution in [1.82, 2.24) is 5.32 Å². The lowest BCUT2D eigenvalue weighted by molar-refractivity contribution is -0.384. The smallest absolute Gasteiger partial charge is 0.270 e. The Morgan fingerprint density at radius 3 is 2.45 bits per heavy atom. The van der Waals surface area contributed by atoms with Crippen molar-refractivity contribution in [1.29, 1.82) is 0 Å². The van der Waals surface area contributed by atoms with Gasteiger partial charge in [-0.3, -0.25) is 20.8 Å². The highest BCUT2D eigenvalue weighted by atomic mass is 16.6. The van der Waals surface area contributed by atoms with Crippen LogP contribution in [0.2, 0.25) is 0 Å². The minimum Gasteiger partial charge on any atom is -0.349 e. The summed E-state index contributed by atoms with van der Waals surface area (Å²) in [6.07, 6.45) is 0. The third-order valence-corrected chi connectivity index (χ3v) is 3.26. The van der Waals surface area contributed by atoms with E-state index in [0.717, 1.165) is 0 Å². The molecule has 4 N–H and O–H groups in total. The summed E-state index contributed by atoms with van der Waals surface area (Å²) in [7, 11) is 0. The summed E-state index contributed by atoms with van der Waals surface area (Å²) in [5.41, 5.74) is 2.59. The first-order valence-corrected chi connectivity index (χ1v) is 6.22. The number of hydrogen-bond acceptors (Lipinski definition) is 5. The van der Waals surface area contributed by atoms with Crippen molar-refractivity contribution in [3.05, 3.63) is 33.9 Å². The van der Waals surface area contributed by atoms with E-state index in [-0.39, 0.29) is 22.7 Å². The molecule has 0 aliphatic rings. The van der Waals surface area contributed by atoms with Crippen molar-refractivity contribution < 1.29 is 9.72 Å². The van der Waals surface area contributed by atoms with Gasteiger partial charge < -0.3 is 10.7 Å². The molecule has 0 heterocycles. The second-order valence-corrected chi connectivity index (χ2v) is 5.69. The molecule has 20 heavy (non-hydrogen) atoms. The number of anilines is 1. The van der Waals surface area contributed by atoms with Crippen LogP contribution in [-0.4, -0.2) is 16.9 Å². The fraction of sp³-hybridized carbons (Fsp3) is 0.462. The summed E-state index contributed by atoms with van der Waals surface area (Å²) in [5.74, 6) is 4.93. The Kier molecular flexibility index (Phi) is 4.67. The van der Waals surface area contributed by atoms with Gasteiger partial charge in [-0.2, -0.15) is 0 Å². The first-order valence-electron chi connectivity index (χ1n) is 6.22. The quantitative estimate of drug-likeness (QED) is 0.444. The molecule has 1 amide bonds. The Labute approximate surface area is 117 Å². The molecule has 110 valence electrons. The summed E-state index contributed by atoms with van der Waals surface area (Å²) in [6.45, 7) is 7.86. The van der Waals surface area contributed by atoms with Gasteiger partial charge in [0.15, 0.2) is 0 Å². The molecule has 0 spiro atoms. The molecule has 1 rings (SSSR count). The molecule has 1 atom stereocenters. The molecule has 0 bridgehead atoms. The molecule has 0 saturated carbocycles. The van der Waals surface area contributed by atoms with Gasteiger partial charge in [0, 0.05) is 18.2 Å². The van der Waals surface area contributed by atoms with Crippen LogP contribution in [0.1, 0.15) is 38.1 Å². The first-order chi connectivity index (χ1) is 9.16. The molecular weight excluding hydrogens is 260 g/mol. The predicted molar refractivity (Wildman–Crippen MR) is 77.3 cm³/mol. The molecule has 0 fully saturated rings. The van der Waals surface area contributed by atoms with E-state index in [9.17, 15) is 14.9 Å². The van der Waals surface area contributed by atoms with Crippen molar-refractivity contribution in [2.75, 3.05) is 5.43 Å². The maximum atomic E-state index is 12.2. The number of non-ortho nitro benzene ring substituents is 1. The maximum absolute atomic E-state index is 12.2. The number of carbonyl (C=O) groups excluding carboxylic acids is 1. The standard InChI is InChI=1S/C13H20N4O3/c1-8(13(2,3)4)15-12(18)10-7-9(17(19)20)5-6-11(10)16-14/h5-8,16H,14H2,1-4H3,(H,15,18). The number of benzene rings is 1. The summed E-state index contributed by atoms with van der Waals surface area (Å²) >= 11 is 0. The molecule has 0 saturated heterocycles. The number of nitrogens with zero attached hydrogens (tertiary/aromatic N) is 1. The molecular formula is C13H20N4O3. The van der Waals surface area contributed by atoms with E-state index in [1.54, 1.807) is 0 Å². The van der Waals surface area contributed by atoms with E-state index < -0.39 is 10.8 Å². The SMILES string of the molecule is CC(NC(=O)c1cc([N+](=O)[O-])ccc1NN)C(C)(C)C.